The van der Waals surface area contributed by atoms with Crippen molar-refractivity contribution in [2.24, 2.45) is 0 Å². The summed E-state index contributed by atoms with van der Waals surface area (Å²) in [6, 6.07) is -0.0469. The molecule has 1 aliphatic rings. The summed E-state index contributed by atoms with van der Waals surface area (Å²) in [5.74, 6) is 0. The van der Waals surface area contributed by atoms with Gasteiger partial charge >= 0.3 is 0 Å². The summed E-state index contributed by atoms with van der Waals surface area (Å²) in [6.07, 6.45) is 1.39. The summed E-state index contributed by atoms with van der Waals surface area (Å²) in [6.45, 7) is 3.04. The van der Waals surface area contributed by atoms with E-state index in [9.17, 15) is 4.39 Å². The lowest BCUT2D eigenvalue weighted by Gasteiger charge is -2.21. The maximum absolute atomic E-state index is 13.2. The number of likely N-dealkylation sites (tertiary alicyclic amines) is 1. The highest BCUT2D eigenvalue weighted by Gasteiger charge is 2.31. The van der Waals surface area contributed by atoms with Crippen LogP contribution >= 0.6 is 0 Å². The molecule has 84 valence electrons. The number of aromatic nitrogens is 2. The summed E-state index contributed by atoms with van der Waals surface area (Å²) >= 11 is 0. The number of hydrogen-bond acceptors (Lipinski definition) is 3. The lowest BCUT2D eigenvalue weighted by Crippen LogP contribution is -2.31. The van der Waals surface area contributed by atoms with Crippen molar-refractivity contribution < 1.29 is 9.50 Å². The van der Waals surface area contributed by atoms with Gasteiger partial charge in [0.2, 0.25) is 0 Å². The van der Waals surface area contributed by atoms with Crippen molar-refractivity contribution in [3.63, 3.8) is 0 Å². The number of alkyl halides is 1. The van der Waals surface area contributed by atoms with Gasteiger partial charge in [-0.15, -0.1) is 0 Å². The molecule has 1 saturated heterocycles. The third-order valence-electron chi connectivity index (χ3n) is 3.00. The van der Waals surface area contributed by atoms with E-state index in [0.717, 1.165) is 11.3 Å². The van der Waals surface area contributed by atoms with Crippen LogP contribution < -0.4 is 0 Å². The molecule has 5 heteroatoms. The van der Waals surface area contributed by atoms with Gasteiger partial charge < -0.3 is 5.11 Å². The number of aromatic amines is 1. The largest absolute Gasteiger partial charge is 0.395 e. The Hall–Kier alpha value is -0.940. The van der Waals surface area contributed by atoms with Crippen LogP contribution in [0, 0.1) is 6.92 Å². The van der Waals surface area contributed by atoms with Crippen molar-refractivity contribution in [2.75, 3.05) is 13.2 Å². The molecule has 0 unspecified atom stereocenters. The maximum atomic E-state index is 13.2. The van der Waals surface area contributed by atoms with Gasteiger partial charge in [0.1, 0.15) is 6.17 Å². The summed E-state index contributed by atoms with van der Waals surface area (Å²) < 4.78 is 13.2. The molecule has 0 saturated carbocycles. The predicted octanol–water partition coefficient (Wildman–Crippen LogP) is 0.623. The van der Waals surface area contributed by atoms with E-state index in [2.05, 4.69) is 10.2 Å². The molecule has 0 aliphatic carbocycles. The lowest BCUT2D eigenvalue weighted by atomic mass is 10.2. The minimum atomic E-state index is -0.811. The monoisotopic (exact) mass is 213 g/mol. The quantitative estimate of drug-likeness (QED) is 0.774. The Morgan fingerprint density at radius 2 is 2.53 bits per heavy atom. The number of aliphatic hydroxyl groups is 1. The SMILES string of the molecule is Cc1[nH]ncc1CN1C[C@@H](F)C[C@H]1CO. The molecule has 0 spiro atoms. The third-order valence-corrected chi connectivity index (χ3v) is 3.00. The molecule has 2 rings (SSSR count). The van der Waals surface area contributed by atoms with Gasteiger partial charge in [0.15, 0.2) is 0 Å². The molecular weight excluding hydrogens is 197 g/mol. The molecule has 2 heterocycles. The van der Waals surface area contributed by atoms with Crippen LogP contribution in [0.2, 0.25) is 0 Å². The number of rotatable bonds is 3. The molecule has 0 aromatic carbocycles. The van der Waals surface area contributed by atoms with Crippen molar-refractivity contribution in [3.05, 3.63) is 17.5 Å². The minimum absolute atomic E-state index is 0.0251. The molecule has 1 fully saturated rings. The minimum Gasteiger partial charge on any atom is -0.395 e. The normalized spacial score (nSPS) is 27.4. The smallest absolute Gasteiger partial charge is 0.114 e. The van der Waals surface area contributed by atoms with E-state index >= 15 is 0 Å². The zero-order valence-corrected chi connectivity index (χ0v) is 8.78. The van der Waals surface area contributed by atoms with Crippen LogP contribution in [0.4, 0.5) is 4.39 Å². The van der Waals surface area contributed by atoms with E-state index < -0.39 is 6.17 Å². The number of halogens is 1. The summed E-state index contributed by atoms with van der Waals surface area (Å²) in [7, 11) is 0. The van der Waals surface area contributed by atoms with Crippen LogP contribution in [-0.2, 0) is 6.54 Å². The topological polar surface area (TPSA) is 52.2 Å². The highest BCUT2D eigenvalue weighted by molar-refractivity contribution is 5.14. The predicted molar refractivity (Wildman–Crippen MR) is 54.1 cm³/mol. The Morgan fingerprint density at radius 3 is 3.13 bits per heavy atom. The number of aryl methyl sites for hydroxylation is 1. The molecule has 1 aromatic rings. The fourth-order valence-corrected chi connectivity index (χ4v) is 2.06. The second-order valence-corrected chi connectivity index (χ2v) is 4.12. The second kappa shape index (κ2) is 4.28. The van der Waals surface area contributed by atoms with Gasteiger partial charge in [0, 0.05) is 30.4 Å². The number of H-pyrrole nitrogens is 1. The zero-order chi connectivity index (χ0) is 10.8. The van der Waals surface area contributed by atoms with Gasteiger partial charge in [-0.25, -0.2) is 4.39 Å². The number of hydrogen-bond donors (Lipinski definition) is 2. The van der Waals surface area contributed by atoms with Gasteiger partial charge in [-0.1, -0.05) is 0 Å². The standard InChI is InChI=1S/C10H16FN3O/c1-7-8(3-12-13-7)4-14-5-9(11)2-10(14)6-15/h3,9-10,15H,2,4-6H2,1H3,(H,12,13)/t9-,10-/m0/s1. The van der Waals surface area contributed by atoms with Crippen LogP contribution in [-0.4, -0.2) is 45.6 Å². The molecule has 0 amide bonds. The molecule has 15 heavy (non-hydrogen) atoms. The molecule has 0 radical (unpaired) electrons. The van der Waals surface area contributed by atoms with Crippen LogP contribution in [0.3, 0.4) is 0 Å². The summed E-state index contributed by atoms with van der Waals surface area (Å²) in [4.78, 5) is 1.97. The summed E-state index contributed by atoms with van der Waals surface area (Å²) in [5.41, 5.74) is 2.08. The average molecular weight is 213 g/mol. The van der Waals surface area contributed by atoms with E-state index in [0.29, 0.717) is 19.5 Å². The first-order chi connectivity index (χ1) is 7.20. The highest BCUT2D eigenvalue weighted by atomic mass is 19.1. The van der Waals surface area contributed by atoms with Gasteiger partial charge in [-0.2, -0.15) is 5.10 Å². The van der Waals surface area contributed by atoms with Crippen molar-refractivity contribution in [1.82, 2.24) is 15.1 Å². The number of nitrogens with zero attached hydrogens (tertiary/aromatic N) is 2. The van der Waals surface area contributed by atoms with Gasteiger partial charge in [0.25, 0.3) is 0 Å². The number of nitrogens with one attached hydrogen (secondary N) is 1. The lowest BCUT2D eigenvalue weighted by molar-refractivity contribution is 0.153. The van der Waals surface area contributed by atoms with Crippen LogP contribution in [0.5, 0.6) is 0 Å². The first-order valence-electron chi connectivity index (χ1n) is 5.18. The fourth-order valence-electron chi connectivity index (χ4n) is 2.06. The Kier molecular flexibility index (Phi) is 3.02. The molecule has 0 bridgehead atoms. The van der Waals surface area contributed by atoms with Crippen LogP contribution in [0.15, 0.2) is 6.20 Å². The van der Waals surface area contributed by atoms with Gasteiger partial charge in [-0.05, 0) is 13.3 Å². The molecule has 2 atom stereocenters. The van der Waals surface area contributed by atoms with E-state index in [1.807, 2.05) is 11.8 Å². The van der Waals surface area contributed by atoms with Crippen molar-refractivity contribution in [3.8, 4) is 0 Å². The Labute approximate surface area is 88.1 Å². The zero-order valence-electron chi connectivity index (χ0n) is 8.78. The maximum Gasteiger partial charge on any atom is 0.114 e. The number of aliphatic hydroxyl groups excluding tert-OH is 1. The molecule has 1 aromatic heterocycles. The molecule has 2 N–H and O–H groups in total. The first-order valence-corrected chi connectivity index (χ1v) is 5.18. The third kappa shape index (κ3) is 2.18. The van der Waals surface area contributed by atoms with Crippen molar-refractivity contribution >= 4 is 0 Å². The van der Waals surface area contributed by atoms with Gasteiger partial charge in [0.05, 0.1) is 12.8 Å². The highest BCUT2D eigenvalue weighted by Crippen LogP contribution is 2.22. The Morgan fingerprint density at radius 1 is 1.73 bits per heavy atom. The Bertz CT molecular complexity index is 328. The Balaban J connectivity index is 2.02. The average Bonchev–Trinajstić information content (AvgIpc) is 2.75. The van der Waals surface area contributed by atoms with E-state index in [1.54, 1.807) is 6.20 Å². The first kappa shape index (κ1) is 10.6. The molecule has 1 aliphatic heterocycles. The van der Waals surface area contributed by atoms with Gasteiger partial charge in [-0.3, -0.25) is 10.00 Å². The van der Waals surface area contributed by atoms with E-state index in [4.69, 9.17) is 5.11 Å². The second-order valence-electron chi connectivity index (χ2n) is 4.12. The summed E-state index contributed by atoms with van der Waals surface area (Å²) in [5, 5.41) is 15.9. The fraction of sp³-hybridized carbons (Fsp3) is 0.700. The van der Waals surface area contributed by atoms with Crippen LogP contribution in [0.25, 0.3) is 0 Å². The molecule has 4 nitrogen and oxygen atoms in total. The van der Waals surface area contributed by atoms with Crippen molar-refractivity contribution in [2.45, 2.75) is 32.1 Å². The van der Waals surface area contributed by atoms with E-state index in [-0.39, 0.29) is 12.6 Å². The van der Waals surface area contributed by atoms with E-state index in [1.165, 1.54) is 0 Å². The van der Waals surface area contributed by atoms with Crippen LogP contribution in [0.1, 0.15) is 17.7 Å². The molecular formula is C10H16FN3O. The van der Waals surface area contributed by atoms with Crippen molar-refractivity contribution in [1.29, 1.82) is 0 Å².